The quantitative estimate of drug-likeness (QED) is 0.861. The van der Waals surface area contributed by atoms with Gasteiger partial charge in [0.05, 0.1) is 24.0 Å². The number of ether oxygens (including phenoxy) is 1. The normalized spacial score (nSPS) is 27.2. The number of hydrogen-bond donors (Lipinski definition) is 1. The van der Waals surface area contributed by atoms with Gasteiger partial charge in [-0.15, -0.1) is 0 Å². The van der Waals surface area contributed by atoms with Crippen LogP contribution in [0.25, 0.3) is 0 Å². The highest BCUT2D eigenvalue weighted by Crippen LogP contribution is 2.36. The van der Waals surface area contributed by atoms with Crippen molar-refractivity contribution in [3.8, 4) is 0 Å². The molecule has 0 saturated carbocycles. The Morgan fingerprint density at radius 2 is 2.21 bits per heavy atom. The van der Waals surface area contributed by atoms with Gasteiger partial charge in [0, 0.05) is 44.9 Å². The zero-order valence-corrected chi connectivity index (χ0v) is 11.8. The highest BCUT2D eigenvalue weighted by atomic mass is 16.5. The molecule has 19 heavy (non-hydrogen) atoms. The van der Waals surface area contributed by atoms with Crippen molar-refractivity contribution in [2.75, 3.05) is 19.7 Å². The molecule has 1 N–H and O–H groups in total. The van der Waals surface area contributed by atoms with Gasteiger partial charge in [-0.1, -0.05) is 0 Å². The van der Waals surface area contributed by atoms with Gasteiger partial charge in [0.15, 0.2) is 0 Å². The van der Waals surface area contributed by atoms with Crippen LogP contribution in [0.1, 0.15) is 30.5 Å². The summed E-state index contributed by atoms with van der Waals surface area (Å²) in [6, 6.07) is 0. The number of piperidine rings is 1. The lowest BCUT2D eigenvalue weighted by atomic mass is 9.88. The minimum Gasteiger partial charge on any atom is -0.391 e. The van der Waals surface area contributed by atoms with Gasteiger partial charge < -0.3 is 9.84 Å². The Morgan fingerprint density at radius 3 is 2.74 bits per heavy atom. The molecule has 1 aromatic rings. The van der Waals surface area contributed by atoms with Crippen molar-refractivity contribution in [3.05, 3.63) is 17.5 Å². The number of aliphatic hydroxyl groups is 1. The Kier molecular flexibility index (Phi) is 3.37. The van der Waals surface area contributed by atoms with E-state index in [4.69, 9.17) is 4.74 Å². The van der Waals surface area contributed by atoms with Crippen LogP contribution in [0, 0.1) is 6.92 Å². The lowest BCUT2D eigenvalue weighted by Crippen LogP contribution is -2.43. The number of aliphatic hydroxyl groups excluding tert-OH is 1. The number of nitrogens with zero attached hydrogens (tertiary/aromatic N) is 3. The number of aromatic nitrogens is 2. The minimum atomic E-state index is -0.257. The molecule has 0 radical (unpaired) electrons. The van der Waals surface area contributed by atoms with Crippen LogP contribution < -0.4 is 0 Å². The third-order valence-electron chi connectivity index (χ3n) is 4.47. The summed E-state index contributed by atoms with van der Waals surface area (Å²) in [5.74, 6) is 0. The molecule has 2 aliphatic heterocycles. The second kappa shape index (κ2) is 4.89. The summed E-state index contributed by atoms with van der Waals surface area (Å²) in [7, 11) is 1.97. The topological polar surface area (TPSA) is 50.5 Å². The second-order valence-corrected chi connectivity index (χ2v) is 6.04. The first-order valence-corrected chi connectivity index (χ1v) is 7.10. The minimum absolute atomic E-state index is 0.0418. The predicted molar refractivity (Wildman–Crippen MR) is 71.8 cm³/mol. The van der Waals surface area contributed by atoms with Crippen LogP contribution in [-0.2, 0) is 18.3 Å². The van der Waals surface area contributed by atoms with Gasteiger partial charge in [-0.3, -0.25) is 9.58 Å². The van der Waals surface area contributed by atoms with Crippen LogP contribution in [-0.4, -0.2) is 51.2 Å². The molecular weight excluding hydrogens is 242 g/mol. The average Bonchev–Trinajstić information content (AvgIpc) is 2.87. The van der Waals surface area contributed by atoms with Crippen molar-refractivity contribution >= 4 is 0 Å². The first-order chi connectivity index (χ1) is 9.06. The monoisotopic (exact) mass is 265 g/mol. The van der Waals surface area contributed by atoms with Gasteiger partial charge in [-0.2, -0.15) is 5.10 Å². The maximum Gasteiger partial charge on any atom is 0.0801 e. The molecule has 3 heterocycles. The molecule has 3 rings (SSSR count). The third-order valence-corrected chi connectivity index (χ3v) is 4.47. The summed E-state index contributed by atoms with van der Waals surface area (Å²) in [4.78, 5) is 2.46. The summed E-state index contributed by atoms with van der Waals surface area (Å²) >= 11 is 0. The lowest BCUT2D eigenvalue weighted by Gasteiger charge is -2.38. The van der Waals surface area contributed by atoms with E-state index in [1.165, 1.54) is 5.56 Å². The number of hydrogen-bond acceptors (Lipinski definition) is 4. The Morgan fingerprint density at radius 1 is 1.47 bits per heavy atom. The van der Waals surface area contributed by atoms with E-state index in [0.717, 1.165) is 44.6 Å². The van der Waals surface area contributed by atoms with Crippen molar-refractivity contribution in [3.63, 3.8) is 0 Å². The molecule has 0 amide bonds. The molecule has 2 fully saturated rings. The molecular formula is C14H23N3O2. The predicted octanol–water partition coefficient (Wildman–Crippen LogP) is 0.844. The fraction of sp³-hybridized carbons (Fsp3) is 0.786. The first kappa shape index (κ1) is 13.1. The molecule has 1 aromatic heterocycles. The molecule has 5 nitrogen and oxygen atoms in total. The zero-order chi connectivity index (χ0) is 13.5. The molecule has 5 heteroatoms. The van der Waals surface area contributed by atoms with Crippen LogP contribution in [0.2, 0.25) is 0 Å². The first-order valence-electron chi connectivity index (χ1n) is 7.10. The smallest absolute Gasteiger partial charge is 0.0801 e. The van der Waals surface area contributed by atoms with E-state index >= 15 is 0 Å². The molecule has 0 bridgehead atoms. The van der Waals surface area contributed by atoms with Gasteiger partial charge >= 0.3 is 0 Å². The molecule has 1 unspecified atom stereocenters. The van der Waals surface area contributed by atoms with E-state index in [2.05, 4.69) is 23.1 Å². The molecule has 106 valence electrons. The van der Waals surface area contributed by atoms with Crippen molar-refractivity contribution in [2.24, 2.45) is 7.05 Å². The van der Waals surface area contributed by atoms with E-state index in [9.17, 15) is 5.11 Å². The Bertz CT molecular complexity index is 450. The van der Waals surface area contributed by atoms with E-state index in [1.54, 1.807) is 0 Å². The van der Waals surface area contributed by atoms with Gasteiger partial charge in [0.2, 0.25) is 0 Å². The van der Waals surface area contributed by atoms with Crippen LogP contribution in [0.5, 0.6) is 0 Å². The van der Waals surface area contributed by atoms with E-state index in [1.807, 2.05) is 11.7 Å². The summed E-state index contributed by atoms with van der Waals surface area (Å²) < 4.78 is 7.71. The SMILES string of the molecule is Cc1nn(C)cc1CN1CCC2(CC1)CC(O)CO2. The van der Waals surface area contributed by atoms with Crippen LogP contribution in [0.4, 0.5) is 0 Å². The van der Waals surface area contributed by atoms with E-state index in [0.29, 0.717) is 6.61 Å². The van der Waals surface area contributed by atoms with Gasteiger partial charge in [-0.05, 0) is 19.8 Å². The fourth-order valence-corrected chi connectivity index (χ4v) is 3.33. The van der Waals surface area contributed by atoms with E-state index in [-0.39, 0.29) is 11.7 Å². The third kappa shape index (κ3) is 2.68. The summed E-state index contributed by atoms with van der Waals surface area (Å²) in [6.45, 7) is 5.64. The molecule has 0 aliphatic carbocycles. The second-order valence-electron chi connectivity index (χ2n) is 6.04. The van der Waals surface area contributed by atoms with Gasteiger partial charge in [0.25, 0.3) is 0 Å². The molecule has 1 atom stereocenters. The van der Waals surface area contributed by atoms with Crippen molar-refractivity contribution in [2.45, 2.75) is 44.4 Å². The molecule has 0 aromatic carbocycles. The Balaban J connectivity index is 1.57. The Hall–Kier alpha value is -0.910. The zero-order valence-electron chi connectivity index (χ0n) is 11.8. The highest BCUT2D eigenvalue weighted by Gasteiger charge is 2.42. The summed E-state index contributed by atoms with van der Waals surface area (Å²) in [5.41, 5.74) is 2.39. The summed E-state index contributed by atoms with van der Waals surface area (Å²) in [6.07, 6.45) is 4.72. The fourth-order valence-electron chi connectivity index (χ4n) is 3.33. The van der Waals surface area contributed by atoms with Crippen LogP contribution >= 0.6 is 0 Å². The largest absolute Gasteiger partial charge is 0.391 e. The maximum absolute atomic E-state index is 9.64. The molecule has 2 aliphatic rings. The van der Waals surface area contributed by atoms with E-state index < -0.39 is 0 Å². The number of aryl methyl sites for hydroxylation is 2. The van der Waals surface area contributed by atoms with Crippen molar-refractivity contribution in [1.29, 1.82) is 0 Å². The standard InChI is InChI=1S/C14H23N3O2/c1-11-12(8-16(2)15-11)9-17-5-3-14(4-6-17)7-13(18)10-19-14/h8,13,18H,3-7,9-10H2,1-2H3. The van der Waals surface area contributed by atoms with Crippen LogP contribution in [0.3, 0.4) is 0 Å². The molecule has 2 saturated heterocycles. The van der Waals surface area contributed by atoms with Crippen LogP contribution in [0.15, 0.2) is 6.20 Å². The van der Waals surface area contributed by atoms with Gasteiger partial charge in [0.1, 0.15) is 0 Å². The van der Waals surface area contributed by atoms with Gasteiger partial charge in [-0.25, -0.2) is 0 Å². The lowest BCUT2D eigenvalue weighted by molar-refractivity contribution is -0.0456. The average molecular weight is 265 g/mol. The number of likely N-dealkylation sites (tertiary alicyclic amines) is 1. The number of rotatable bonds is 2. The highest BCUT2D eigenvalue weighted by molar-refractivity contribution is 5.15. The van der Waals surface area contributed by atoms with Crippen molar-refractivity contribution < 1.29 is 9.84 Å². The molecule has 1 spiro atoms. The Labute approximate surface area is 114 Å². The van der Waals surface area contributed by atoms with Crippen molar-refractivity contribution in [1.82, 2.24) is 14.7 Å². The summed E-state index contributed by atoms with van der Waals surface area (Å²) in [5, 5.41) is 14.0. The maximum atomic E-state index is 9.64.